The van der Waals surface area contributed by atoms with Crippen molar-refractivity contribution in [3.05, 3.63) is 24.3 Å². The second-order valence-electron chi connectivity index (χ2n) is 17.2. The number of hydrogen-bond donors (Lipinski definition) is 5. The summed E-state index contributed by atoms with van der Waals surface area (Å²) in [6.07, 6.45) is 52.3. The molecule has 0 saturated carbocycles. The zero-order chi connectivity index (χ0) is 41.0. The molecule has 6 heteroatoms. The van der Waals surface area contributed by atoms with Gasteiger partial charge in [0, 0.05) is 0 Å². The number of nitrogens with one attached hydrogen (secondary N) is 1. The summed E-state index contributed by atoms with van der Waals surface area (Å²) in [5, 5.41) is 43.7. The summed E-state index contributed by atoms with van der Waals surface area (Å²) in [5.41, 5.74) is 0. The Morgan fingerprint density at radius 3 is 1.07 bits per heavy atom. The SMILES string of the molecule is CCCCCCCCC/C=C\CCCCCCC(O)C(=O)NC(CO)C(O)C(O)CCC/C=C/CCCCCCCCCCCCCCCCCCCCCC. The van der Waals surface area contributed by atoms with Gasteiger partial charge in [0.2, 0.25) is 5.91 Å². The fraction of sp³-hybridized carbons (Fsp3) is 0.900. The first-order chi connectivity index (χ1) is 27.5. The van der Waals surface area contributed by atoms with Gasteiger partial charge in [0.15, 0.2) is 0 Å². The molecule has 0 radical (unpaired) electrons. The maximum Gasteiger partial charge on any atom is 0.249 e. The molecule has 0 aromatic heterocycles. The maximum atomic E-state index is 12.5. The minimum absolute atomic E-state index is 0.350. The highest BCUT2D eigenvalue weighted by molar-refractivity contribution is 5.80. The minimum Gasteiger partial charge on any atom is -0.394 e. The molecule has 0 fully saturated rings. The Hall–Kier alpha value is -1.21. The Morgan fingerprint density at radius 2 is 0.732 bits per heavy atom. The summed E-state index contributed by atoms with van der Waals surface area (Å²) in [5.74, 6) is -0.600. The molecule has 0 aromatic carbocycles. The Kier molecular flexibility index (Phi) is 43.9. The molecule has 4 unspecified atom stereocenters. The molecule has 0 saturated heterocycles. The number of aliphatic hydroxyl groups excluding tert-OH is 4. The largest absolute Gasteiger partial charge is 0.394 e. The molecule has 332 valence electrons. The first-order valence-corrected chi connectivity index (χ1v) is 24.7. The van der Waals surface area contributed by atoms with E-state index in [-0.39, 0.29) is 0 Å². The number of carbonyl (C=O) groups excluding carboxylic acids is 1. The Labute approximate surface area is 348 Å². The van der Waals surface area contributed by atoms with E-state index in [1.165, 1.54) is 180 Å². The monoisotopic (exact) mass is 792 g/mol. The maximum absolute atomic E-state index is 12.5. The van der Waals surface area contributed by atoms with Crippen LogP contribution in [0.25, 0.3) is 0 Å². The molecule has 0 aliphatic rings. The number of amides is 1. The quantitative estimate of drug-likeness (QED) is 0.0312. The topological polar surface area (TPSA) is 110 Å². The van der Waals surface area contributed by atoms with Gasteiger partial charge in [-0.1, -0.05) is 218 Å². The summed E-state index contributed by atoms with van der Waals surface area (Å²) in [7, 11) is 0. The van der Waals surface area contributed by atoms with E-state index >= 15 is 0 Å². The molecule has 0 aromatic rings. The zero-order valence-corrected chi connectivity index (χ0v) is 37.4. The van der Waals surface area contributed by atoms with Crippen molar-refractivity contribution in [1.82, 2.24) is 5.32 Å². The lowest BCUT2D eigenvalue weighted by molar-refractivity contribution is -0.132. The third-order valence-corrected chi connectivity index (χ3v) is 11.6. The fourth-order valence-corrected chi connectivity index (χ4v) is 7.69. The van der Waals surface area contributed by atoms with Crippen LogP contribution in [-0.4, -0.2) is 57.3 Å². The Bertz CT molecular complexity index is 847. The molecule has 1 amide bonds. The molecule has 0 bridgehead atoms. The smallest absolute Gasteiger partial charge is 0.249 e. The van der Waals surface area contributed by atoms with E-state index < -0.39 is 36.9 Å². The van der Waals surface area contributed by atoms with Crippen LogP contribution in [0.5, 0.6) is 0 Å². The van der Waals surface area contributed by atoms with Crippen molar-refractivity contribution in [2.45, 2.75) is 282 Å². The van der Waals surface area contributed by atoms with Crippen molar-refractivity contribution in [3.8, 4) is 0 Å². The van der Waals surface area contributed by atoms with Gasteiger partial charge in [-0.25, -0.2) is 0 Å². The summed E-state index contributed by atoms with van der Waals surface area (Å²) >= 11 is 0. The summed E-state index contributed by atoms with van der Waals surface area (Å²) in [6.45, 7) is 4.05. The van der Waals surface area contributed by atoms with Gasteiger partial charge in [0.05, 0.1) is 18.8 Å². The second kappa shape index (κ2) is 44.9. The molecular formula is C50H97NO5. The Morgan fingerprint density at radius 1 is 0.429 bits per heavy atom. The van der Waals surface area contributed by atoms with Gasteiger partial charge < -0.3 is 25.7 Å². The van der Waals surface area contributed by atoms with Crippen LogP contribution in [0.2, 0.25) is 0 Å². The van der Waals surface area contributed by atoms with Gasteiger partial charge in [0.25, 0.3) is 0 Å². The second-order valence-corrected chi connectivity index (χ2v) is 17.2. The van der Waals surface area contributed by atoms with Gasteiger partial charge in [0.1, 0.15) is 12.2 Å². The van der Waals surface area contributed by atoms with Crippen LogP contribution >= 0.6 is 0 Å². The van der Waals surface area contributed by atoms with Crippen molar-refractivity contribution in [2.75, 3.05) is 6.61 Å². The van der Waals surface area contributed by atoms with E-state index in [4.69, 9.17) is 0 Å². The van der Waals surface area contributed by atoms with Gasteiger partial charge in [-0.05, 0) is 64.2 Å². The van der Waals surface area contributed by atoms with Crippen LogP contribution in [-0.2, 0) is 4.79 Å². The number of rotatable bonds is 45. The first-order valence-electron chi connectivity index (χ1n) is 24.7. The standard InChI is InChI=1S/C50H97NO5/c1-3-5-7-9-11-13-15-17-19-20-21-22-23-24-25-26-27-28-30-31-33-35-37-39-41-43-47(53)49(55)46(45-52)51-50(56)48(54)44-42-40-38-36-34-32-29-18-16-14-12-10-8-6-4-2/h29,32,35,37,46-49,52-55H,3-28,30-31,33-34,36,38-45H2,1-2H3,(H,51,56)/b32-29-,37-35+. The van der Waals surface area contributed by atoms with Crippen LogP contribution < -0.4 is 5.32 Å². The van der Waals surface area contributed by atoms with Crippen LogP contribution in [0.1, 0.15) is 258 Å². The highest BCUT2D eigenvalue weighted by Gasteiger charge is 2.28. The molecule has 0 rings (SSSR count). The molecule has 0 aliphatic carbocycles. The van der Waals surface area contributed by atoms with E-state index in [0.717, 1.165) is 51.4 Å². The zero-order valence-electron chi connectivity index (χ0n) is 37.4. The van der Waals surface area contributed by atoms with Gasteiger partial charge in [-0.3, -0.25) is 4.79 Å². The average molecular weight is 792 g/mol. The number of unbranched alkanes of at least 4 members (excludes halogenated alkanes) is 32. The fourth-order valence-electron chi connectivity index (χ4n) is 7.69. The van der Waals surface area contributed by atoms with Crippen LogP contribution in [0.3, 0.4) is 0 Å². The normalized spacial score (nSPS) is 14.2. The third-order valence-electron chi connectivity index (χ3n) is 11.6. The molecule has 4 atom stereocenters. The van der Waals surface area contributed by atoms with E-state index in [1.807, 2.05) is 0 Å². The number of aliphatic hydroxyl groups is 4. The summed E-state index contributed by atoms with van der Waals surface area (Å²) < 4.78 is 0. The molecule has 0 aliphatic heterocycles. The molecule has 0 spiro atoms. The van der Waals surface area contributed by atoms with Gasteiger partial charge in [-0.2, -0.15) is 0 Å². The molecule has 5 N–H and O–H groups in total. The molecule has 0 heterocycles. The number of carbonyl (C=O) groups is 1. The van der Waals surface area contributed by atoms with E-state index in [2.05, 4.69) is 43.5 Å². The van der Waals surface area contributed by atoms with Gasteiger partial charge >= 0.3 is 0 Å². The van der Waals surface area contributed by atoms with E-state index in [1.54, 1.807) is 0 Å². The van der Waals surface area contributed by atoms with Crippen LogP contribution in [0.15, 0.2) is 24.3 Å². The highest BCUT2D eigenvalue weighted by Crippen LogP contribution is 2.16. The van der Waals surface area contributed by atoms with Crippen LogP contribution in [0, 0.1) is 0 Å². The number of allylic oxidation sites excluding steroid dienone is 4. The summed E-state index contributed by atoms with van der Waals surface area (Å²) in [4.78, 5) is 12.5. The van der Waals surface area contributed by atoms with Crippen molar-refractivity contribution < 1.29 is 25.2 Å². The van der Waals surface area contributed by atoms with Crippen molar-refractivity contribution in [1.29, 1.82) is 0 Å². The average Bonchev–Trinajstić information content (AvgIpc) is 3.20. The summed E-state index contributed by atoms with van der Waals surface area (Å²) in [6, 6.07) is -1.00. The van der Waals surface area contributed by atoms with Crippen LogP contribution in [0.4, 0.5) is 0 Å². The van der Waals surface area contributed by atoms with Crippen molar-refractivity contribution >= 4 is 5.91 Å². The van der Waals surface area contributed by atoms with E-state index in [9.17, 15) is 25.2 Å². The lowest BCUT2D eigenvalue weighted by Gasteiger charge is -2.27. The lowest BCUT2D eigenvalue weighted by atomic mass is 10.00. The molecule has 56 heavy (non-hydrogen) atoms. The number of hydrogen-bond acceptors (Lipinski definition) is 5. The van der Waals surface area contributed by atoms with Crippen molar-refractivity contribution in [2.24, 2.45) is 0 Å². The predicted molar refractivity (Wildman–Crippen MR) is 242 cm³/mol. The highest BCUT2D eigenvalue weighted by atomic mass is 16.3. The lowest BCUT2D eigenvalue weighted by Crippen LogP contribution is -2.53. The van der Waals surface area contributed by atoms with E-state index in [0.29, 0.717) is 12.8 Å². The van der Waals surface area contributed by atoms with Gasteiger partial charge in [-0.15, -0.1) is 0 Å². The van der Waals surface area contributed by atoms with Crippen molar-refractivity contribution in [3.63, 3.8) is 0 Å². The predicted octanol–water partition coefficient (Wildman–Crippen LogP) is 13.5. The molecule has 6 nitrogen and oxygen atoms in total. The first kappa shape index (κ1) is 54.8. The minimum atomic E-state index is -1.28. The molecular weight excluding hydrogens is 695 g/mol. The third kappa shape index (κ3) is 38.3. The Balaban J connectivity index is 3.70.